The van der Waals surface area contributed by atoms with Crippen molar-refractivity contribution in [3.05, 3.63) is 52.8 Å². The first-order valence-corrected chi connectivity index (χ1v) is 10.3. The summed E-state index contributed by atoms with van der Waals surface area (Å²) in [5.74, 6) is -3.49. The van der Waals surface area contributed by atoms with Crippen LogP contribution in [0.2, 0.25) is 5.02 Å². The van der Waals surface area contributed by atoms with Gasteiger partial charge in [-0.05, 0) is 31.5 Å². The highest BCUT2D eigenvalue weighted by Gasteiger charge is 2.64. The molecule has 4 rings (SSSR count). The second-order valence-electron chi connectivity index (χ2n) is 8.32. The molecule has 2 aliphatic rings. The molecule has 210 valence electrons. The van der Waals surface area contributed by atoms with E-state index in [0.29, 0.717) is 0 Å². The Kier molecular flexibility index (Phi) is 12.3. The van der Waals surface area contributed by atoms with Crippen molar-refractivity contribution in [2.24, 2.45) is 22.1 Å². The van der Waals surface area contributed by atoms with E-state index in [-0.39, 0.29) is 88.3 Å². The summed E-state index contributed by atoms with van der Waals surface area (Å²) in [5, 5.41) is 12.2. The van der Waals surface area contributed by atoms with Crippen molar-refractivity contribution in [3.63, 3.8) is 0 Å². The van der Waals surface area contributed by atoms with Crippen molar-refractivity contribution in [2.45, 2.75) is 31.2 Å². The zero-order valence-corrected chi connectivity index (χ0v) is 24.3. The average molecular weight is 633 g/mol. The Labute approximate surface area is 248 Å². The number of rotatable bonds is 3. The lowest BCUT2D eigenvalue weighted by Crippen LogP contribution is -2.51. The minimum absolute atomic E-state index is 0. The van der Waals surface area contributed by atoms with E-state index in [4.69, 9.17) is 22.1 Å². The fraction of sp³-hybridized carbons (Fsp3) is 0.381. The number of carbonyl (C=O) groups excluding carboxylic acids is 1. The van der Waals surface area contributed by atoms with Crippen LogP contribution in [0.1, 0.15) is 29.5 Å². The maximum Gasteiger partial charge on any atom is 0.415 e. The molecule has 0 bridgehead atoms. The van der Waals surface area contributed by atoms with Gasteiger partial charge in [-0.1, -0.05) is 11.6 Å². The Balaban J connectivity index is 0.00000342. The van der Waals surface area contributed by atoms with E-state index in [0.717, 1.165) is 6.07 Å². The third-order valence-corrected chi connectivity index (χ3v) is 6.25. The minimum atomic E-state index is -4.78. The number of alkyl halides is 3. The minimum Gasteiger partial charge on any atom is -0.386 e. The number of ether oxygens (including phenoxy) is 1. The molecule has 0 unspecified atom stereocenters. The number of amidine groups is 1. The lowest BCUT2D eigenvalue weighted by Gasteiger charge is -2.42. The second kappa shape index (κ2) is 13.0. The van der Waals surface area contributed by atoms with E-state index >= 15 is 4.39 Å². The molecule has 0 radical (unpaired) electrons. The monoisotopic (exact) mass is 632 g/mol. The number of amides is 1. The molecule has 17 heteroatoms. The van der Waals surface area contributed by atoms with E-state index in [1.807, 2.05) is 6.07 Å². The molecule has 3 N–H and O–H groups in total. The Morgan fingerprint density at radius 3 is 2.39 bits per heavy atom. The number of nitriles is 1. The van der Waals surface area contributed by atoms with E-state index < -0.39 is 47.5 Å². The molecule has 8 nitrogen and oxygen atoms in total. The Hall–Kier alpha value is -1.90. The van der Waals surface area contributed by atoms with Gasteiger partial charge in [-0.15, -0.1) is 0 Å². The topological polar surface area (TPSA) is 126 Å². The molecule has 0 aliphatic carbocycles. The van der Waals surface area contributed by atoms with Crippen molar-refractivity contribution >= 4 is 83.0 Å². The van der Waals surface area contributed by atoms with Gasteiger partial charge in [0.05, 0.1) is 17.7 Å². The molecular formula is C21H25ClF4N6O2S4. The first-order valence-electron chi connectivity index (χ1n) is 9.94. The summed E-state index contributed by atoms with van der Waals surface area (Å²) in [6.45, 7) is 0.763. The third kappa shape index (κ3) is 6.45. The van der Waals surface area contributed by atoms with Crippen molar-refractivity contribution in [2.75, 3.05) is 11.9 Å². The Morgan fingerprint density at radius 1 is 1.24 bits per heavy atom. The van der Waals surface area contributed by atoms with Crippen LogP contribution >= 0.6 is 65.6 Å². The van der Waals surface area contributed by atoms with Gasteiger partial charge < -0.3 is 15.8 Å². The lowest BCUT2D eigenvalue weighted by atomic mass is 9.66. The van der Waals surface area contributed by atoms with Crippen molar-refractivity contribution in [3.8, 4) is 6.07 Å². The van der Waals surface area contributed by atoms with Gasteiger partial charge in [0.1, 0.15) is 22.6 Å². The molecule has 1 saturated heterocycles. The largest absolute Gasteiger partial charge is 0.415 e. The molecule has 1 aromatic heterocycles. The summed E-state index contributed by atoms with van der Waals surface area (Å²) >= 11 is 5.70. The zero-order valence-electron chi connectivity index (χ0n) is 19.5. The van der Waals surface area contributed by atoms with Crippen LogP contribution in [0.15, 0.2) is 35.6 Å². The van der Waals surface area contributed by atoms with E-state index in [9.17, 15) is 23.2 Å². The van der Waals surface area contributed by atoms with Crippen LogP contribution in [0.3, 0.4) is 0 Å². The highest BCUT2D eigenvalue weighted by atomic mass is 35.5. The van der Waals surface area contributed by atoms with Crippen LogP contribution in [0.5, 0.6) is 0 Å². The number of carbonyl (C=O) groups is 1. The van der Waals surface area contributed by atoms with Gasteiger partial charge in [-0.3, -0.25) is 9.79 Å². The Bertz CT molecular complexity index is 1230. The van der Waals surface area contributed by atoms with Crippen LogP contribution in [-0.2, 0) is 10.3 Å². The number of nitrogens with zero attached hydrogens (tertiary/aromatic N) is 4. The van der Waals surface area contributed by atoms with Crippen molar-refractivity contribution in [1.82, 2.24) is 9.97 Å². The van der Waals surface area contributed by atoms with Crippen LogP contribution in [-0.4, -0.2) is 40.6 Å². The fourth-order valence-electron chi connectivity index (χ4n) is 4.28. The van der Waals surface area contributed by atoms with Crippen LogP contribution < -0.4 is 11.1 Å². The molecule has 2 aliphatic heterocycles. The number of hydrogen-bond acceptors (Lipinski definition) is 7. The number of aromatic nitrogens is 2. The van der Waals surface area contributed by atoms with Crippen molar-refractivity contribution in [1.29, 1.82) is 5.26 Å². The van der Waals surface area contributed by atoms with Gasteiger partial charge in [0.15, 0.2) is 6.10 Å². The molecule has 38 heavy (non-hydrogen) atoms. The van der Waals surface area contributed by atoms with Gasteiger partial charge in [0.25, 0.3) is 5.91 Å². The molecule has 0 saturated carbocycles. The SMILES string of the molecule is C[C@@]1(C#N)C[C@@H]2[C@@H](C(F)(F)F)OC[C@]2(c2cc(NC(=O)c3ncc(Cl)cn3)ccc2F)N=C1N.S.S.S.S. The summed E-state index contributed by atoms with van der Waals surface area (Å²) in [6.07, 6.45) is -4.99. The average Bonchev–Trinajstić information content (AvgIpc) is 3.14. The third-order valence-electron chi connectivity index (χ3n) is 6.06. The summed E-state index contributed by atoms with van der Waals surface area (Å²) in [6, 6.07) is 5.29. The van der Waals surface area contributed by atoms with Gasteiger partial charge in [0, 0.05) is 29.6 Å². The second-order valence-corrected chi connectivity index (χ2v) is 8.76. The maximum absolute atomic E-state index is 15.1. The number of fused-ring (bicyclic) bond motifs is 1. The van der Waals surface area contributed by atoms with Gasteiger partial charge in [-0.2, -0.15) is 72.4 Å². The first-order chi connectivity index (χ1) is 15.9. The van der Waals surface area contributed by atoms with E-state index in [1.54, 1.807) is 0 Å². The number of aliphatic imine (C=N–C) groups is 1. The molecule has 0 spiro atoms. The number of anilines is 1. The molecule has 3 heterocycles. The lowest BCUT2D eigenvalue weighted by molar-refractivity contribution is -0.218. The predicted octanol–water partition coefficient (Wildman–Crippen LogP) is 4.04. The van der Waals surface area contributed by atoms with Gasteiger partial charge in [0.2, 0.25) is 5.82 Å². The van der Waals surface area contributed by atoms with E-state index in [2.05, 4.69) is 20.3 Å². The first kappa shape index (κ1) is 36.1. The molecule has 1 amide bonds. The highest BCUT2D eigenvalue weighted by Crippen LogP contribution is 2.55. The fourth-order valence-corrected chi connectivity index (χ4v) is 4.38. The van der Waals surface area contributed by atoms with E-state index in [1.165, 1.54) is 31.5 Å². The highest BCUT2D eigenvalue weighted by molar-refractivity contribution is 7.59. The summed E-state index contributed by atoms with van der Waals surface area (Å²) in [4.78, 5) is 24.3. The van der Waals surface area contributed by atoms with Crippen LogP contribution in [0.25, 0.3) is 0 Å². The standard InChI is InChI=1S/C21H17ClF4N6O2.4H2S/c1-19(8-27)5-13-15(21(24,25)26)34-9-20(13,32-18(19)28)12-4-11(2-3-14(12)23)31-17(33)16-29-6-10(22)7-30-16;;;;/h2-4,6-7,13,15H,5,9H2,1H3,(H2,28,32)(H,31,33);4*1H2/t13-,15+,19+,20-;;;;/m1..../s1. The van der Waals surface area contributed by atoms with Crippen LogP contribution in [0, 0.1) is 28.5 Å². The quantitative estimate of drug-likeness (QED) is 0.492. The smallest absolute Gasteiger partial charge is 0.386 e. The van der Waals surface area contributed by atoms with Gasteiger partial charge in [-0.25, -0.2) is 14.4 Å². The van der Waals surface area contributed by atoms with Crippen molar-refractivity contribution < 1.29 is 27.1 Å². The summed E-state index contributed by atoms with van der Waals surface area (Å²) in [5.41, 5.74) is 2.47. The number of nitrogens with one attached hydrogen (secondary N) is 1. The summed E-state index contributed by atoms with van der Waals surface area (Å²) in [7, 11) is 0. The molecule has 2 aromatic rings. The summed E-state index contributed by atoms with van der Waals surface area (Å²) < 4.78 is 61.5. The Morgan fingerprint density at radius 2 is 1.84 bits per heavy atom. The molecular weight excluding hydrogens is 608 g/mol. The van der Waals surface area contributed by atoms with Gasteiger partial charge >= 0.3 is 6.18 Å². The molecule has 4 atom stereocenters. The normalized spacial score (nSPS) is 25.6. The number of benzene rings is 1. The molecule has 1 aromatic carbocycles. The maximum atomic E-state index is 15.1. The zero-order chi connectivity index (χ0) is 24.9. The number of halogens is 5. The number of hydrogen-bond donors (Lipinski definition) is 2. The molecule has 1 fully saturated rings. The number of nitrogens with two attached hydrogens (primary N) is 1. The van der Waals surface area contributed by atoms with Crippen LogP contribution in [0.4, 0.5) is 23.2 Å². The predicted molar refractivity (Wildman–Crippen MR) is 154 cm³/mol.